The molecule has 0 unspecified atom stereocenters. The molecule has 2 amide bonds. The van der Waals surface area contributed by atoms with Crippen LogP contribution in [0.5, 0.6) is 5.75 Å². The van der Waals surface area contributed by atoms with Crippen molar-refractivity contribution < 1.29 is 27.5 Å². The molecule has 0 saturated carbocycles. The Hall–Kier alpha value is -4.32. The van der Waals surface area contributed by atoms with Crippen LogP contribution in [0.3, 0.4) is 0 Å². The number of benzene rings is 2. The molecule has 0 aliphatic heterocycles. The molecule has 0 aliphatic rings. The van der Waals surface area contributed by atoms with Gasteiger partial charge in [-0.1, -0.05) is 26.0 Å². The van der Waals surface area contributed by atoms with Crippen LogP contribution in [0.25, 0.3) is 0 Å². The molecule has 0 saturated heterocycles. The Morgan fingerprint density at radius 3 is 2.33 bits per heavy atom. The molecule has 0 aliphatic carbocycles. The highest BCUT2D eigenvalue weighted by Gasteiger charge is 2.34. The number of amides is 2. The summed E-state index contributed by atoms with van der Waals surface area (Å²) in [6, 6.07) is 12.1. The van der Waals surface area contributed by atoms with Crippen LogP contribution in [-0.2, 0) is 6.18 Å². The monoisotopic (exact) mass is 558 g/mol. The van der Waals surface area contributed by atoms with Gasteiger partial charge in [-0.3, -0.25) is 9.59 Å². The molecule has 3 aromatic rings. The molecule has 0 fully saturated rings. The van der Waals surface area contributed by atoms with Gasteiger partial charge in [-0.25, -0.2) is 4.98 Å². The Kier molecular flexibility index (Phi) is 10.3. The van der Waals surface area contributed by atoms with Gasteiger partial charge in [0.25, 0.3) is 11.8 Å². The maximum atomic E-state index is 13.8. The van der Waals surface area contributed by atoms with E-state index in [-0.39, 0.29) is 28.7 Å². The molecule has 2 aromatic carbocycles. The third-order valence-electron chi connectivity index (χ3n) is 6.21. The highest BCUT2D eigenvalue weighted by atomic mass is 19.4. The average Bonchev–Trinajstić information content (AvgIpc) is 2.94. The Morgan fingerprint density at radius 2 is 1.68 bits per heavy atom. The van der Waals surface area contributed by atoms with Crippen molar-refractivity contribution in [1.29, 1.82) is 0 Å². The first kappa shape index (κ1) is 30.2. The molecular weight excluding hydrogens is 525 g/mol. The molecule has 1 heterocycles. The summed E-state index contributed by atoms with van der Waals surface area (Å²) in [5, 5.41) is 11.0. The lowest BCUT2D eigenvalue weighted by atomic mass is 10.1. The van der Waals surface area contributed by atoms with Crippen LogP contribution in [-0.4, -0.2) is 62.0 Å². The topological polar surface area (TPSA) is 108 Å². The number of methoxy groups -OCH3 is 1. The minimum absolute atomic E-state index is 0.0858. The number of para-hydroxylation sites is 1. The van der Waals surface area contributed by atoms with Crippen LogP contribution >= 0.6 is 0 Å². The maximum absolute atomic E-state index is 13.8. The largest absolute Gasteiger partial charge is 0.495 e. The van der Waals surface area contributed by atoms with Crippen molar-refractivity contribution in [3.8, 4) is 5.75 Å². The van der Waals surface area contributed by atoms with Crippen molar-refractivity contribution in [3.63, 3.8) is 0 Å². The van der Waals surface area contributed by atoms with Gasteiger partial charge >= 0.3 is 6.18 Å². The summed E-state index contributed by atoms with van der Waals surface area (Å²) >= 11 is 0. The SMILES string of the molecule is CCN(CC)CCNC(=O)c1ccc(Nc2cc(Nc3ccccc3C(=O)NC)c(C(F)(F)F)cn2)c(OC)c1. The number of rotatable bonds is 12. The van der Waals surface area contributed by atoms with Gasteiger partial charge in [-0.05, 0) is 43.4 Å². The summed E-state index contributed by atoms with van der Waals surface area (Å²) in [7, 11) is 2.86. The summed E-state index contributed by atoms with van der Waals surface area (Å²) in [4.78, 5) is 31.0. The van der Waals surface area contributed by atoms with Gasteiger partial charge in [0.2, 0.25) is 0 Å². The van der Waals surface area contributed by atoms with E-state index in [0.717, 1.165) is 19.6 Å². The first-order chi connectivity index (χ1) is 19.1. The van der Waals surface area contributed by atoms with E-state index in [1.54, 1.807) is 24.3 Å². The fraction of sp³-hybridized carbons (Fsp3) is 0.321. The predicted molar refractivity (Wildman–Crippen MR) is 149 cm³/mol. The van der Waals surface area contributed by atoms with Crippen molar-refractivity contribution in [2.24, 2.45) is 0 Å². The van der Waals surface area contributed by atoms with Crippen LogP contribution in [0, 0.1) is 0 Å². The van der Waals surface area contributed by atoms with Crippen LogP contribution in [0.15, 0.2) is 54.7 Å². The number of halogens is 3. The van der Waals surface area contributed by atoms with Crippen LogP contribution in [0.4, 0.5) is 36.1 Å². The number of alkyl halides is 3. The summed E-state index contributed by atoms with van der Waals surface area (Å²) in [6.45, 7) is 7.08. The second-order valence-electron chi connectivity index (χ2n) is 8.69. The number of nitrogens with one attached hydrogen (secondary N) is 4. The van der Waals surface area contributed by atoms with E-state index in [1.807, 2.05) is 0 Å². The number of pyridine rings is 1. The van der Waals surface area contributed by atoms with E-state index < -0.39 is 17.6 Å². The van der Waals surface area contributed by atoms with Crippen LogP contribution < -0.4 is 26.0 Å². The Balaban J connectivity index is 1.86. The number of nitrogens with zero attached hydrogens (tertiary/aromatic N) is 2. The molecule has 1 aromatic heterocycles. The van der Waals surface area contributed by atoms with E-state index in [4.69, 9.17) is 4.74 Å². The highest BCUT2D eigenvalue weighted by molar-refractivity contribution is 6.00. The molecule has 0 radical (unpaired) electrons. The van der Waals surface area contributed by atoms with E-state index in [9.17, 15) is 22.8 Å². The minimum Gasteiger partial charge on any atom is -0.495 e. The number of ether oxygens (including phenoxy) is 1. The average molecular weight is 559 g/mol. The normalized spacial score (nSPS) is 11.2. The zero-order valence-corrected chi connectivity index (χ0v) is 22.8. The lowest BCUT2D eigenvalue weighted by Crippen LogP contribution is -2.34. The van der Waals surface area contributed by atoms with E-state index in [0.29, 0.717) is 29.7 Å². The summed E-state index contributed by atoms with van der Waals surface area (Å²) in [6.07, 6.45) is -3.99. The number of hydrogen-bond acceptors (Lipinski definition) is 7. The first-order valence-electron chi connectivity index (χ1n) is 12.7. The van der Waals surface area contributed by atoms with Gasteiger partial charge in [-0.2, -0.15) is 13.2 Å². The zero-order valence-electron chi connectivity index (χ0n) is 22.8. The zero-order chi connectivity index (χ0) is 29.3. The number of carbonyl (C=O) groups excluding carboxylic acids is 2. The summed E-state index contributed by atoms with van der Waals surface area (Å²) in [5.74, 6) is -0.336. The molecular formula is C28H33F3N6O3. The lowest BCUT2D eigenvalue weighted by Gasteiger charge is -2.19. The quantitative estimate of drug-likeness (QED) is 0.247. The number of aromatic nitrogens is 1. The van der Waals surface area contributed by atoms with Gasteiger partial charge < -0.3 is 30.9 Å². The fourth-order valence-corrected chi connectivity index (χ4v) is 3.97. The third-order valence-corrected chi connectivity index (χ3v) is 6.21. The third kappa shape index (κ3) is 7.63. The van der Waals surface area contributed by atoms with Crippen molar-refractivity contribution >= 4 is 34.7 Å². The Labute approximate surface area is 231 Å². The van der Waals surface area contributed by atoms with Crippen molar-refractivity contribution in [1.82, 2.24) is 20.5 Å². The molecule has 0 spiro atoms. The number of likely N-dealkylation sites (N-methyl/N-ethyl adjacent to an activating group) is 1. The van der Waals surface area contributed by atoms with Gasteiger partial charge in [0.05, 0.1) is 35.3 Å². The second-order valence-corrected chi connectivity index (χ2v) is 8.69. The van der Waals surface area contributed by atoms with E-state index in [1.165, 1.54) is 38.4 Å². The molecule has 3 rings (SSSR count). The van der Waals surface area contributed by atoms with E-state index in [2.05, 4.69) is 45.0 Å². The fourth-order valence-electron chi connectivity index (χ4n) is 3.97. The lowest BCUT2D eigenvalue weighted by molar-refractivity contribution is -0.137. The predicted octanol–water partition coefficient (Wildman–Crippen LogP) is 5.03. The molecule has 0 bridgehead atoms. The van der Waals surface area contributed by atoms with Crippen molar-refractivity contribution in [3.05, 3.63) is 71.4 Å². The highest BCUT2D eigenvalue weighted by Crippen LogP contribution is 2.38. The minimum atomic E-state index is -4.70. The molecule has 0 atom stereocenters. The smallest absolute Gasteiger partial charge is 0.419 e. The Bertz CT molecular complexity index is 1330. The van der Waals surface area contributed by atoms with E-state index >= 15 is 0 Å². The van der Waals surface area contributed by atoms with Crippen molar-refractivity contribution in [2.45, 2.75) is 20.0 Å². The van der Waals surface area contributed by atoms with Gasteiger partial charge in [-0.15, -0.1) is 0 Å². The van der Waals surface area contributed by atoms with Crippen LogP contribution in [0.1, 0.15) is 40.1 Å². The van der Waals surface area contributed by atoms with Gasteiger partial charge in [0, 0.05) is 38.0 Å². The van der Waals surface area contributed by atoms with Crippen LogP contribution in [0.2, 0.25) is 0 Å². The van der Waals surface area contributed by atoms with Crippen molar-refractivity contribution in [2.75, 3.05) is 51.0 Å². The number of anilines is 4. The molecule has 4 N–H and O–H groups in total. The summed E-state index contributed by atoms with van der Waals surface area (Å²) < 4.78 is 46.8. The second kappa shape index (κ2) is 13.7. The van der Waals surface area contributed by atoms with Gasteiger partial charge in [0.15, 0.2) is 0 Å². The number of carbonyl (C=O) groups is 2. The molecule has 40 heavy (non-hydrogen) atoms. The Morgan fingerprint density at radius 1 is 0.950 bits per heavy atom. The molecule has 214 valence electrons. The molecule has 12 heteroatoms. The van der Waals surface area contributed by atoms with Gasteiger partial charge in [0.1, 0.15) is 11.6 Å². The first-order valence-corrected chi connectivity index (χ1v) is 12.7. The molecule has 9 nitrogen and oxygen atoms in total. The maximum Gasteiger partial charge on any atom is 0.419 e. The standard InChI is InChI=1S/C28H33F3N6O3/c1-5-37(6-2)14-13-33-26(38)18-11-12-22(24(15-18)40-4)36-25-16-23(20(17-34-25)28(29,30)31)35-21-10-8-7-9-19(21)27(39)32-3/h7-12,15-17H,5-6,13-14H2,1-4H3,(H,32,39)(H,33,38)(H2,34,35,36). The number of hydrogen-bond donors (Lipinski definition) is 4. The summed E-state index contributed by atoms with van der Waals surface area (Å²) in [5.41, 5.74) is -0.171.